The van der Waals surface area contributed by atoms with Gasteiger partial charge in [-0.1, -0.05) is 0 Å². The van der Waals surface area contributed by atoms with Gasteiger partial charge in [-0.15, -0.1) is 0 Å². The molecule has 7 heavy (non-hydrogen) atoms. The fourth-order valence-corrected chi connectivity index (χ4v) is 0.423. The fourth-order valence-electron chi connectivity index (χ4n) is 0.423. The molecular weight excluding hydrogens is 90.1 g/mol. The smallest absolute Gasteiger partial charge is 0.0822 e. The second-order valence-electron chi connectivity index (χ2n) is 1.55. The Bertz CT molecular complexity index is 27.3. The molecule has 0 aliphatic heterocycles. The van der Waals surface area contributed by atoms with Crippen molar-refractivity contribution in [3.8, 4) is 0 Å². The Morgan fingerprint density at radius 1 is 1.14 bits per heavy atom. The summed E-state index contributed by atoms with van der Waals surface area (Å²) in [6, 6.07) is 0. The van der Waals surface area contributed by atoms with Crippen LogP contribution in [0.5, 0.6) is 0 Å². The molecule has 0 amide bonds. The zero-order valence-corrected chi connectivity index (χ0v) is 4.52. The Hall–Kier alpha value is -0.0800. The summed E-state index contributed by atoms with van der Waals surface area (Å²) in [4.78, 5) is 0. The van der Waals surface area contributed by atoms with Crippen molar-refractivity contribution in [2.45, 2.75) is 19.3 Å². The van der Waals surface area contributed by atoms with Crippen LogP contribution in [0.3, 0.4) is 0 Å². The number of unbranched alkanes of at least 4 members (excludes halogenated alkanes) is 2. The monoisotopic (exact) mass is 102 g/mol. The first-order valence-electron chi connectivity index (χ1n) is 2.70. The standard InChI is InChI=1S/C5H12NO/c6-4-2-1-3-5-7/h1-6H2. The summed E-state index contributed by atoms with van der Waals surface area (Å²) in [5.41, 5.74) is 5.17. The van der Waals surface area contributed by atoms with Gasteiger partial charge in [0, 0.05) is 0 Å². The van der Waals surface area contributed by atoms with E-state index >= 15 is 0 Å². The van der Waals surface area contributed by atoms with Crippen LogP contribution >= 0.6 is 0 Å². The lowest BCUT2D eigenvalue weighted by molar-refractivity contribution is 0.186. The molecule has 0 heterocycles. The van der Waals surface area contributed by atoms with Crippen LogP contribution in [0.2, 0.25) is 0 Å². The SMILES string of the molecule is NCCCCC[O]. The van der Waals surface area contributed by atoms with Gasteiger partial charge in [0.25, 0.3) is 0 Å². The Labute approximate surface area is 44.3 Å². The second-order valence-corrected chi connectivity index (χ2v) is 1.55. The molecule has 0 saturated carbocycles. The molecule has 1 radical (unpaired) electrons. The molecule has 0 aromatic rings. The molecule has 0 aliphatic carbocycles. The molecule has 2 heteroatoms. The van der Waals surface area contributed by atoms with Gasteiger partial charge in [-0.05, 0) is 25.8 Å². The minimum atomic E-state index is 0.0556. The van der Waals surface area contributed by atoms with E-state index in [0.717, 1.165) is 25.8 Å². The van der Waals surface area contributed by atoms with E-state index in [1.165, 1.54) is 0 Å². The molecule has 0 saturated heterocycles. The van der Waals surface area contributed by atoms with Gasteiger partial charge in [-0.25, -0.2) is 5.11 Å². The summed E-state index contributed by atoms with van der Waals surface area (Å²) < 4.78 is 0. The quantitative estimate of drug-likeness (QED) is 0.517. The van der Waals surface area contributed by atoms with Gasteiger partial charge in [-0.3, -0.25) is 0 Å². The number of rotatable bonds is 4. The third kappa shape index (κ3) is 5.92. The van der Waals surface area contributed by atoms with Gasteiger partial charge in [-0.2, -0.15) is 0 Å². The van der Waals surface area contributed by atoms with Crippen molar-refractivity contribution in [2.24, 2.45) is 5.73 Å². The largest absolute Gasteiger partial charge is 0.330 e. The zero-order chi connectivity index (χ0) is 5.54. The van der Waals surface area contributed by atoms with E-state index in [0.29, 0.717) is 0 Å². The van der Waals surface area contributed by atoms with Gasteiger partial charge in [0.1, 0.15) is 0 Å². The number of hydrogen-bond donors (Lipinski definition) is 1. The first-order valence-corrected chi connectivity index (χ1v) is 2.70. The van der Waals surface area contributed by atoms with Crippen LogP contribution in [0, 0.1) is 0 Å². The van der Waals surface area contributed by atoms with E-state index < -0.39 is 0 Å². The van der Waals surface area contributed by atoms with Gasteiger partial charge < -0.3 is 5.73 Å². The maximum atomic E-state index is 9.76. The maximum absolute atomic E-state index is 9.76. The summed E-state index contributed by atoms with van der Waals surface area (Å²) in [5, 5.41) is 9.76. The van der Waals surface area contributed by atoms with E-state index in [2.05, 4.69) is 0 Å². The van der Waals surface area contributed by atoms with Crippen LogP contribution in [0.15, 0.2) is 0 Å². The van der Waals surface area contributed by atoms with Crippen molar-refractivity contribution >= 4 is 0 Å². The van der Waals surface area contributed by atoms with Crippen molar-refractivity contribution in [1.82, 2.24) is 0 Å². The van der Waals surface area contributed by atoms with Crippen molar-refractivity contribution in [3.05, 3.63) is 0 Å². The normalized spacial score (nSPS) is 9.43. The van der Waals surface area contributed by atoms with Crippen molar-refractivity contribution in [2.75, 3.05) is 13.2 Å². The minimum Gasteiger partial charge on any atom is -0.330 e. The Morgan fingerprint density at radius 2 is 1.86 bits per heavy atom. The molecule has 43 valence electrons. The molecule has 0 aromatic heterocycles. The van der Waals surface area contributed by atoms with Gasteiger partial charge in [0.05, 0.1) is 6.61 Å². The third-order valence-electron chi connectivity index (χ3n) is 0.848. The number of hydrogen-bond acceptors (Lipinski definition) is 1. The minimum absolute atomic E-state index is 0.0556. The Morgan fingerprint density at radius 3 is 2.29 bits per heavy atom. The molecule has 0 rings (SSSR count). The fraction of sp³-hybridized carbons (Fsp3) is 1.00. The van der Waals surface area contributed by atoms with Crippen molar-refractivity contribution in [3.63, 3.8) is 0 Å². The zero-order valence-electron chi connectivity index (χ0n) is 4.52. The van der Waals surface area contributed by atoms with Gasteiger partial charge >= 0.3 is 0 Å². The lowest BCUT2D eigenvalue weighted by atomic mass is 10.2. The summed E-state index contributed by atoms with van der Waals surface area (Å²) in [7, 11) is 0. The van der Waals surface area contributed by atoms with Crippen LogP contribution in [-0.4, -0.2) is 13.2 Å². The Kier molecular flexibility index (Phi) is 5.85. The number of nitrogens with two attached hydrogens (primary N) is 1. The van der Waals surface area contributed by atoms with E-state index in [1.807, 2.05) is 0 Å². The average molecular weight is 102 g/mol. The van der Waals surface area contributed by atoms with Crippen molar-refractivity contribution < 1.29 is 5.11 Å². The predicted molar refractivity (Wildman–Crippen MR) is 28.5 cm³/mol. The highest BCUT2D eigenvalue weighted by Gasteiger charge is 1.82. The summed E-state index contributed by atoms with van der Waals surface area (Å²) in [6.45, 7) is 0.778. The van der Waals surface area contributed by atoms with E-state index in [1.54, 1.807) is 0 Å². The van der Waals surface area contributed by atoms with Crippen molar-refractivity contribution in [1.29, 1.82) is 0 Å². The van der Waals surface area contributed by atoms with Crippen LogP contribution in [0.1, 0.15) is 19.3 Å². The molecule has 0 aromatic carbocycles. The molecule has 0 fully saturated rings. The van der Waals surface area contributed by atoms with Crippen LogP contribution in [0.25, 0.3) is 0 Å². The third-order valence-corrected chi connectivity index (χ3v) is 0.848. The van der Waals surface area contributed by atoms with E-state index in [9.17, 15) is 5.11 Å². The van der Waals surface area contributed by atoms with Gasteiger partial charge in [0.2, 0.25) is 0 Å². The van der Waals surface area contributed by atoms with Crippen LogP contribution in [-0.2, 0) is 5.11 Å². The molecule has 0 spiro atoms. The van der Waals surface area contributed by atoms with Gasteiger partial charge in [0.15, 0.2) is 0 Å². The Balaban J connectivity index is 2.45. The molecule has 0 aliphatic rings. The molecular formula is C5H12NO. The van der Waals surface area contributed by atoms with Crippen LogP contribution < -0.4 is 5.73 Å². The summed E-state index contributed by atoms with van der Waals surface area (Å²) in [6.07, 6.45) is 2.79. The highest BCUT2D eigenvalue weighted by atomic mass is 16.2. The lowest BCUT2D eigenvalue weighted by Crippen LogP contribution is -1.97. The lowest BCUT2D eigenvalue weighted by Gasteiger charge is -1.89. The highest BCUT2D eigenvalue weighted by molar-refractivity contribution is 4.38. The summed E-state index contributed by atoms with van der Waals surface area (Å²) >= 11 is 0. The maximum Gasteiger partial charge on any atom is 0.0822 e. The average Bonchev–Trinajstić information content (AvgIpc) is 1.69. The van der Waals surface area contributed by atoms with E-state index in [-0.39, 0.29) is 6.61 Å². The molecule has 0 unspecified atom stereocenters. The second kappa shape index (κ2) is 5.92. The first kappa shape index (κ1) is 6.92. The molecule has 0 bridgehead atoms. The predicted octanol–water partition coefficient (Wildman–Crippen LogP) is 0.546. The summed E-state index contributed by atoms with van der Waals surface area (Å²) in [5.74, 6) is 0. The van der Waals surface area contributed by atoms with E-state index in [4.69, 9.17) is 5.73 Å². The topological polar surface area (TPSA) is 45.9 Å². The van der Waals surface area contributed by atoms with Crippen LogP contribution in [0.4, 0.5) is 0 Å². The molecule has 2 nitrogen and oxygen atoms in total. The highest BCUT2D eigenvalue weighted by Crippen LogP contribution is 1.89. The molecule has 0 atom stereocenters. The molecule has 2 N–H and O–H groups in total. The first-order chi connectivity index (χ1) is 3.41.